The summed E-state index contributed by atoms with van der Waals surface area (Å²) in [5.74, 6) is -0.250. The minimum Gasteiger partial charge on any atom is -0.340 e. The van der Waals surface area contributed by atoms with E-state index in [0.717, 1.165) is 30.3 Å². The third-order valence-corrected chi connectivity index (χ3v) is 5.29. The number of halogens is 1. The highest BCUT2D eigenvalue weighted by Gasteiger charge is 2.40. The van der Waals surface area contributed by atoms with Crippen molar-refractivity contribution in [1.29, 1.82) is 0 Å². The van der Waals surface area contributed by atoms with Gasteiger partial charge in [0.1, 0.15) is 12.0 Å². The Bertz CT molecular complexity index is 779. The van der Waals surface area contributed by atoms with Gasteiger partial charge in [-0.2, -0.15) is 0 Å². The van der Waals surface area contributed by atoms with E-state index in [2.05, 4.69) is 16.9 Å². The van der Waals surface area contributed by atoms with Crippen LogP contribution in [-0.4, -0.2) is 56.7 Å². The third kappa shape index (κ3) is 4.49. The molecule has 0 bridgehead atoms. The molecule has 1 aromatic carbocycles. The van der Waals surface area contributed by atoms with E-state index in [4.69, 9.17) is 0 Å². The maximum absolute atomic E-state index is 14.3. The van der Waals surface area contributed by atoms with Crippen molar-refractivity contribution in [3.63, 3.8) is 0 Å². The lowest BCUT2D eigenvalue weighted by Crippen LogP contribution is -2.41. The number of alkyl halides is 1. The van der Waals surface area contributed by atoms with Gasteiger partial charge < -0.3 is 9.88 Å². The fraction of sp³-hybridized carbons (Fsp3) is 0.550. The Morgan fingerprint density at radius 3 is 2.96 bits per heavy atom. The lowest BCUT2D eigenvalue weighted by molar-refractivity contribution is -0.157. The number of nitrogens with zero attached hydrogens (tertiary/aromatic N) is 3. The summed E-state index contributed by atoms with van der Waals surface area (Å²) in [4.78, 5) is 33.3. The second kappa shape index (κ2) is 9.14. The molecule has 28 heavy (non-hydrogen) atoms. The molecule has 0 saturated carbocycles. The molecule has 2 N–H and O–H groups in total. The molecule has 2 heterocycles. The topological polar surface area (TPSA) is 89.5 Å². The monoisotopic (exact) mass is 390 g/mol. The number of carbonyl (C=O) groups excluding carboxylic acids is 2. The highest BCUT2D eigenvalue weighted by atomic mass is 19.1. The molecule has 0 radical (unpaired) electrons. The zero-order chi connectivity index (χ0) is 20.1. The summed E-state index contributed by atoms with van der Waals surface area (Å²) in [7, 11) is 0. The van der Waals surface area contributed by atoms with E-state index in [1.54, 1.807) is 0 Å². The van der Waals surface area contributed by atoms with Gasteiger partial charge in [0.2, 0.25) is 12.3 Å². The second-order valence-corrected chi connectivity index (χ2v) is 7.40. The molecule has 1 aliphatic heterocycles. The van der Waals surface area contributed by atoms with Gasteiger partial charge in [-0.15, -0.1) is 0 Å². The summed E-state index contributed by atoms with van der Waals surface area (Å²) < 4.78 is 14.3. The van der Waals surface area contributed by atoms with Crippen molar-refractivity contribution in [3.05, 3.63) is 30.1 Å². The van der Waals surface area contributed by atoms with Crippen molar-refractivity contribution in [2.45, 2.75) is 51.2 Å². The van der Waals surface area contributed by atoms with Crippen LogP contribution in [-0.2, 0) is 9.59 Å². The van der Waals surface area contributed by atoms with Gasteiger partial charge >= 0.3 is 0 Å². The highest BCUT2D eigenvalue weighted by molar-refractivity contribution is 5.80. The molecule has 2 aromatic rings. The SMILES string of the molecule is CCCCC[C@H](CN(O)C=O)C(=O)N1CC(F)CC1c1nc2ccccc2[nH]1. The van der Waals surface area contributed by atoms with E-state index < -0.39 is 18.1 Å². The minimum absolute atomic E-state index is 0.00264. The largest absolute Gasteiger partial charge is 0.340 e. The zero-order valence-corrected chi connectivity index (χ0v) is 16.1. The number of nitrogens with one attached hydrogen (secondary N) is 1. The Morgan fingerprint density at radius 1 is 1.46 bits per heavy atom. The third-order valence-electron chi connectivity index (χ3n) is 5.29. The lowest BCUT2D eigenvalue weighted by atomic mass is 9.99. The number of hydroxylamine groups is 2. The van der Waals surface area contributed by atoms with E-state index in [1.165, 1.54) is 4.90 Å². The second-order valence-electron chi connectivity index (χ2n) is 7.40. The minimum atomic E-state index is -1.13. The Hall–Kier alpha value is -2.48. The van der Waals surface area contributed by atoms with Crippen molar-refractivity contribution in [3.8, 4) is 0 Å². The summed E-state index contributed by atoms with van der Waals surface area (Å²) in [5, 5.41) is 10.1. The van der Waals surface area contributed by atoms with Crippen LogP contribution in [0.4, 0.5) is 4.39 Å². The van der Waals surface area contributed by atoms with Crippen molar-refractivity contribution in [1.82, 2.24) is 19.9 Å². The summed E-state index contributed by atoms with van der Waals surface area (Å²) in [6.07, 6.45) is 2.64. The van der Waals surface area contributed by atoms with Crippen LogP contribution in [0.2, 0.25) is 0 Å². The van der Waals surface area contributed by atoms with E-state index >= 15 is 0 Å². The summed E-state index contributed by atoms with van der Waals surface area (Å²) in [6, 6.07) is 7.04. The highest BCUT2D eigenvalue weighted by Crippen LogP contribution is 2.35. The summed E-state index contributed by atoms with van der Waals surface area (Å²) in [6.45, 7) is 1.97. The molecule has 8 heteroatoms. The van der Waals surface area contributed by atoms with Crippen LogP contribution in [0.25, 0.3) is 11.0 Å². The van der Waals surface area contributed by atoms with E-state index in [1.807, 2.05) is 24.3 Å². The molecule has 152 valence electrons. The number of aromatic nitrogens is 2. The molecule has 2 amide bonds. The first-order valence-corrected chi connectivity index (χ1v) is 9.83. The maximum atomic E-state index is 14.3. The first-order chi connectivity index (χ1) is 13.5. The number of imidazole rings is 1. The van der Waals surface area contributed by atoms with Crippen LogP contribution in [0.3, 0.4) is 0 Å². The number of likely N-dealkylation sites (tertiary alicyclic amines) is 1. The van der Waals surface area contributed by atoms with Gasteiger partial charge in [-0.3, -0.25) is 14.8 Å². The number of carbonyl (C=O) groups is 2. The number of amides is 2. The van der Waals surface area contributed by atoms with Crippen molar-refractivity contribution < 1.29 is 19.2 Å². The molecule has 1 aromatic heterocycles. The molecule has 0 aliphatic carbocycles. The molecular formula is C20H27FN4O3. The van der Waals surface area contributed by atoms with Crippen LogP contribution in [0.5, 0.6) is 0 Å². The normalized spacial score (nSPS) is 20.5. The molecular weight excluding hydrogens is 363 g/mol. The van der Waals surface area contributed by atoms with Gasteiger partial charge in [0.05, 0.1) is 36.1 Å². The molecule has 1 fully saturated rings. The summed E-state index contributed by atoms with van der Waals surface area (Å²) >= 11 is 0. The predicted molar refractivity (Wildman–Crippen MR) is 102 cm³/mol. The molecule has 1 saturated heterocycles. The number of para-hydroxylation sites is 2. The van der Waals surface area contributed by atoms with E-state index in [0.29, 0.717) is 23.7 Å². The molecule has 7 nitrogen and oxygen atoms in total. The standard InChI is InChI=1S/C20H27FN4O3/c1-2-3-4-7-14(11-24(28)13-26)20(27)25-12-15(21)10-18(25)19-22-16-8-5-6-9-17(16)23-19/h5-6,8-9,13-15,18,28H,2-4,7,10-12H2,1H3,(H,22,23)/t14-,15?,18?/m1/s1. The van der Waals surface area contributed by atoms with Crippen molar-refractivity contribution in [2.75, 3.05) is 13.1 Å². The first kappa shape index (κ1) is 20.3. The van der Waals surface area contributed by atoms with Gasteiger partial charge in [-0.1, -0.05) is 38.3 Å². The van der Waals surface area contributed by atoms with Gasteiger partial charge in [0.25, 0.3) is 0 Å². The quantitative estimate of drug-likeness (QED) is 0.298. The van der Waals surface area contributed by atoms with Gasteiger partial charge in [0, 0.05) is 6.42 Å². The molecule has 2 unspecified atom stereocenters. The number of fused-ring (bicyclic) bond motifs is 1. The van der Waals surface area contributed by atoms with Gasteiger partial charge in [-0.05, 0) is 18.6 Å². The fourth-order valence-electron chi connectivity index (χ4n) is 3.85. The van der Waals surface area contributed by atoms with Crippen LogP contribution in [0, 0.1) is 5.92 Å². The van der Waals surface area contributed by atoms with E-state index in [9.17, 15) is 19.2 Å². The van der Waals surface area contributed by atoms with Crippen LogP contribution in [0.1, 0.15) is 50.9 Å². The van der Waals surface area contributed by atoms with Crippen LogP contribution < -0.4 is 0 Å². The molecule has 3 atom stereocenters. The van der Waals surface area contributed by atoms with Crippen LogP contribution in [0.15, 0.2) is 24.3 Å². The molecule has 0 spiro atoms. The van der Waals surface area contributed by atoms with Gasteiger partial charge in [-0.25, -0.2) is 14.4 Å². The van der Waals surface area contributed by atoms with Crippen molar-refractivity contribution >= 4 is 23.4 Å². The number of rotatable bonds is 9. The summed E-state index contributed by atoms with van der Waals surface area (Å²) in [5.41, 5.74) is 1.61. The predicted octanol–water partition coefficient (Wildman–Crippen LogP) is 3.22. The molecule has 1 aliphatic rings. The first-order valence-electron chi connectivity index (χ1n) is 9.83. The lowest BCUT2D eigenvalue weighted by Gasteiger charge is -2.28. The van der Waals surface area contributed by atoms with E-state index in [-0.39, 0.29) is 25.4 Å². The average Bonchev–Trinajstić information content (AvgIpc) is 3.29. The van der Waals surface area contributed by atoms with Crippen LogP contribution >= 0.6 is 0 Å². The van der Waals surface area contributed by atoms with Crippen molar-refractivity contribution in [2.24, 2.45) is 5.92 Å². The Kier molecular flexibility index (Phi) is 6.61. The Balaban J connectivity index is 1.81. The maximum Gasteiger partial charge on any atom is 0.233 e. The van der Waals surface area contributed by atoms with Gasteiger partial charge in [0.15, 0.2) is 0 Å². The number of aromatic amines is 1. The number of unbranched alkanes of at least 4 members (excludes halogenated alkanes) is 2. The fourth-order valence-corrected chi connectivity index (χ4v) is 3.85. The Morgan fingerprint density at radius 2 is 2.25 bits per heavy atom. The average molecular weight is 390 g/mol. The number of benzene rings is 1. The Labute approximate surface area is 163 Å². The number of H-pyrrole nitrogens is 1. The number of hydrogen-bond acceptors (Lipinski definition) is 4. The zero-order valence-electron chi connectivity index (χ0n) is 16.1. The number of hydrogen-bond donors (Lipinski definition) is 2. The molecule has 3 rings (SSSR count). The smallest absolute Gasteiger partial charge is 0.233 e.